The van der Waals surface area contributed by atoms with E-state index in [1.165, 1.54) is 6.92 Å². The van der Waals surface area contributed by atoms with Crippen molar-refractivity contribution in [2.45, 2.75) is 65.1 Å². The Hall–Kier alpha value is -1.71. The molecule has 1 heterocycles. The number of carbonyl (C=O) groups is 3. The van der Waals surface area contributed by atoms with Gasteiger partial charge < -0.3 is 29.7 Å². The van der Waals surface area contributed by atoms with Crippen LogP contribution in [0.15, 0.2) is 0 Å². The molecule has 1 saturated heterocycles. The molecule has 3 N–H and O–H groups in total. The highest BCUT2D eigenvalue weighted by molar-refractivity contribution is 5.79. The Bertz CT molecular complexity index is 501. The van der Waals surface area contributed by atoms with Crippen molar-refractivity contribution in [3.05, 3.63) is 0 Å². The molecule has 144 valence electrons. The zero-order valence-corrected chi connectivity index (χ0v) is 15.1. The SMILES string of the molecule is CCOC(=O)[C@@H]1O[C@H](COC(=O)C(C)(C)C)[C@@H](O)[C@H](O)[C@H]1NC(C)=O. The maximum absolute atomic E-state index is 12.1. The van der Waals surface area contributed by atoms with Gasteiger partial charge >= 0.3 is 11.9 Å². The predicted octanol–water partition coefficient (Wildman–Crippen LogP) is -0.867. The van der Waals surface area contributed by atoms with Gasteiger partial charge in [0.05, 0.1) is 18.1 Å². The third kappa shape index (κ3) is 5.65. The smallest absolute Gasteiger partial charge is 0.337 e. The van der Waals surface area contributed by atoms with E-state index in [2.05, 4.69) is 5.32 Å². The van der Waals surface area contributed by atoms with Crippen molar-refractivity contribution < 1.29 is 38.8 Å². The Morgan fingerprint density at radius 1 is 1.12 bits per heavy atom. The van der Waals surface area contributed by atoms with Gasteiger partial charge in [0, 0.05) is 6.92 Å². The summed E-state index contributed by atoms with van der Waals surface area (Å²) >= 11 is 0. The minimum absolute atomic E-state index is 0.0772. The fraction of sp³-hybridized carbons (Fsp3) is 0.812. The highest BCUT2D eigenvalue weighted by atomic mass is 16.6. The summed E-state index contributed by atoms with van der Waals surface area (Å²) < 4.78 is 15.5. The summed E-state index contributed by atoms with van der Waals surface area (Å²) in [5.41, 5.74) is -0.752. The topological polar surface area (TPSA) is 131 Å². The highest BCUT2D eigenvalue weighted by Gasteiger charge is 2.49. The maximum Gasteiger partial charge on any atom is 0.337 e. The Kier molecular flexibility index (Phi) is 7.33. The van der Waals surface area contributed by atoms with Crippen LogP contribution in [0.1, 0.15) is 34.6 Å². The first-order chi connectivity index (χ1) is 11.5. The standard InChI is InChI=1S/C16H27NO8/c1-6-23-14(21)13-10(17-8(2)18)12(20)11(19)9(25-13)7-24-15(22)16(3,4)5/h9-13,19-20H,6-7H2,1-5H3,(H,17,18)/t9-,10-,11-,12-,13-/m1/s1. The predicted molar refractivity (Wildman–Crippen MR) is 85.3 cm³/mol. The summed E-state index contributed by atoms with van der Waals surface area (Å²) in [6, 6.07) is -1.18. The van der Waals surface area contributed by atoms with Crippen molar-refractivity contribution >= 4 is 17.8 Å². The molecule has 0 aromatic carbocycles. The van der Waals surface area contributed by atoms with E-state index in [0.717, 1.165) is 0 Å². The molecule has 1 aliphatic heterocycles. The molecule has 25 heavy (non-hydrogen) atoms. The molecule has 0 aliphatic carbocycles. The van der Waals surface area contributed by atoms with E-state index in [9.17, 15) is 24.6 Å². The molecule has 9 nitrogen and oxygen atoms in total. The Morgan fingerprint density at radius 3 is 2.20 bits per heavy atom. The molecule has 0 bridgehead atoms. The largest absolute Gasteiger partial charge is 0.464 e. The van der Waals surface area contributed by atoms with E-state index in [0.29, 0.717) is 0 Å². The van der Waals surface area contributed by atoms with E-state index in [4.69, 9.17) is 14.2 Å². The first-order valence-corrected chi connectivity index (χ1v) is 8.11. The number of aliphatic hydroxyl groups excluding tert-OH is 2. The Morgan fingerprint density at radius 2 is 1.72 bits per heavy atom. The molecule has 1 fully saturated rings. The fourth-order valence-corrected chi connectivity index (χ4v) is 2.30. The summed E-state index contributed by atoms with van der Waals surface area (Å²) in [6.45, 7) is 7.52. The number of hydrogen-bond donors (Lipinski definition) is 3. The fourth-order valence-electron chi connectivity index (χ4n) is 2.30. The number of esters is 2. The van der Waals surface area contributed by atoms with Crippen molar-refractivity contribution in [1.29, 1.82) is 0 Å². The lowest BCUT2D eigenvalue weighted by molar-refractivity contribution is -0.213. The molecule has 0 radical (unpaired) electrons. The van der Waals surface area contributed by atoms with Crippen LogP contribution in [0, 0.1) is 5.41 Å². The molecule has 0 aromatic heterocycles. The second-order valence-electron chi connectivity index (χ2n) is 6.90. The first kappa shape index (κ1) is 21.3. The van der Waals surface area contributed by atoms with Crippen molar-refractivity contribution in [2.24, 2.45) is 5.41 Å². The summed E-state index contributed by atoms with van der Waals surface area (Å²) in [7, 11) is 0. The van der Waals surface area contributed by atoms with Gasteiger partial charge in [-0.05, 0) is 27.7 Å². The van der Waals surface area contributed by atoms with Crippen LogP contribution in [-0.4, -0.2) is 71.7 Å². The van der Waals surface area contributed by atoms with E-state index in [1.54, 1.807) is 27.7 Å². The maximum atomic E-state index is 12.1. The zero-order chi connectivity index (χ0) is 19.4. The third-order valence-corrected chi connectivity index (χ3v) is 3.63. The number of hydrogen-bond acceptors (Lipinski definition) is 8. The quantitative estimate of drug-likeness (QED) is 0.539. The van der Waals surface area contributed by atoms with Gasteiger partial charge in [-0.3, -0.25) is 9.59 Å². The molecule has 1 rings (SSSR count). The second-order valence-corrected chi connectivity index (χ2v) is 6.90. The van der Waals surface area contributed by atoms with Crippen LogP contribution in [0.4, 0.5) is 0 Å². The number of rotatable bonds is 5. The van der Waals surface area contributed by atoms with E-state index in [1.807, 2.05) is 0 Å². The first-order valence-electron chi connectivity index (χ1n) is 8.11. The highest BCUT2D eigenvalue weighted by Crippen LogP contribution is 2.24. The van der Waals surface area contributed by atoms with Crippen LogP contribution in [-0.2, 0) is 28.6 Å². The van der Waals surface area contributed by atoms with Crippen molar-refractivity contribution in [3.63, 3.8) is 0 Å². The molecule has 9 heteroatoms. The van der Waals surface area contributed by atoms with Gasteiger partial charge in [0.25, 0.3) is 0 Å². The van der Waals surface area contributed by atoms with Crippen LogP contribution in [0.2, 0.25) is 0 Å². The monoisotopic (exact) mass is 361 g/mol. The van der Waals surface area contributed by atoms with Crippen LogP contribution in [0.3, 0.4) is 0 Å². The average molecular weight is 361 g/mol. The molecular formula is C16H27NO8. The van der Waals surface area contributed by atoms with Crippen LogP contribution >= 0.6 is 0 Å². The minimum atomic E-state index is -1.50. The number of nitrogens with one attached hydrogen (secondary N) is 1. The third-order valence-electron chi connectivity index (χ3n) is 3.63. The molecular weight excluding hydrogens is 334 g/mol. The van der Waals surface area contributed by atoms with E-state index in [-0.39, 0.29) is 13.2 Å². The van der Waals surface area contributed by atoms with E-state index >= 15 is 0 Å². The molecule has 0 unspecified atom stereocenters. The normalized spacial score (nSPS) is 29.6. The lowest BCUT2D eigenvalue weighted by Crippen LogP contribution is -2.66. The second kappa shape index (κ2) is 8.59. The Labute approximate surface area is 146 Å². The summed E-state index contributed by atoms with van der Waals surface area (Å²) in [5, 5.41) is 22.9. The average Bonchev–Trinajstić information content (AvgIpc) is 2.49. The molecule has 5 atom stereocenters. The van der Waals surface area contributed by atoms with Crippen molar-refractivity contribution in [3.8, 4) is 0 Å². The molecule has 0 saturated carbocycles. The molecule has 1 aliphatic rings. The van der Waals surface area contributed by atoms with Gasteiger partial charge in [0.1, 0.15) is 24.9 Å². The van der Waals surface area contributed by atoms with Crippen LogP contribution in [0.5, 0.6) is 0 Å². The van der Waals surface area contributed by atoms with Crippen molar-refractivity contribution in [2.75, 3.05) is 13.2 Å². The van der Waals surface area contributed by atoms with Gasteiger partial charge in [-0.15, -0.1) is 0 Å². The number of ether oxygens (including phenoxy) is 3. The van der Waals surface area contributed by atoms with Gasteiger partial charge in [0.2, 0.25) is 5.91 Å². The van der Waals surface area contributed by atoms with Gasteiger partial charge in [-0.25, -0.2) is 4.79 Å². The van der Waals surface area contributed by atoms with E-state index < -0.39 is 53.7 Å². The van der Waals surface area contributed by atoms with Gasteiger partial charge in [-0.2, -0.15) is 0 Å². The van der Waals surface area contributed by atoms with Gasteiger partial charge in [-0.1, -0.05) is 0 Å². The van der Waals surface area contributed by atoms with Crippen LogP contribution < -0.4 is 5.32 Å². The molecule has 0 aromatic rings. The van der Waals surface area contributed by atoms with Gasteiger partial charge in [0.15, 0.2) is 6.10 Å². The lowest BCUT2D eigenvalue weighted by Gasteiger charge is -2.41. The van der Waals surface area contributed by atoms with Crippen molar-refractivity contribution in [1.82, 2.24) is 5.32 Å². The zero-order valence-electron chi connectivity index (χ0n) is 15.1. The summed E-state index contributed by atoms with van der Waals surface area (Å²) in [6.07, 6.45) is -5.43. The molecule has 1 amide bonds. The molecule has 0 spiro atoms. The Balaban J connectivity index is 2.90. The summed E-state index contributed by atoms with van der Waals surface area (Å²) in [4.78, 5) is 35.3. The van der Waals surface area contributed by atoms with Crippen LogP contribution in [0.25, 0.3) is 0 Å². The number of amides is 1. The number of carbonyl (C=O) groups excluding carboxylic acids is 3. The number of aliphatic hydroxyl groups is 2. The lowest BCUT2D eigenvalue weighted by atomic mass is 9.92. The minimum Gasteiger partial charge on any atom is -0.464 e. The summed E-state index contributed by atoms with van der Waals surface area (Å²) in [5.74, 6) is -1.82.